The molecule has 0 bridgehead atoms. The quantitative estimate of drug-likeness (QED) is 0.931. The topological polar surface area (TPSA) is 34.2 Å². The first-order chi connectivity index (χ1) is 9.69. The van der Waals surface area contributed by atoms with Crippen molar-refractivity contribution in [2.45, 2.75) is 32.4 Å². The van der Waals surface area contributed by atoms with Gasteiger partial charge in [-0.25, -0.2) is 0 Å². The molecule has 0 amide bonds. The SMILES string of the molecule is CC1CCN(Cc2cn(C)c3ccccc23)C(CN)C1. The molecule has 1 aromatic heterocycles. The van der Waals surface area contributed by atoms with Crippen molar-refractivity contribution in [3.8, 4) is 0 Å². The highest BCUT2D eigenvalue weighted by molar-refractivity contribution is 5.83. The molecule has 0 spiro atoms. The first-order valence-electron chi connectivity index (χ1n) is 7.66. The summed E-state index contributed by atoms with van der Waals surface area (Å²) in [5.41, 5.74) is 8.72. The lowest BCUT2D eigenvalue weighted by molar-refractivity contribution is 0.115. The average molecular weight is 271 g/mol. The molecule has 3 heteroatoms. The minimum Gasteiger partial charge on any atom is -0.350 e. The molecule has 2 aromatic rings. The van der Waals surface area contributed by atoms with Crippen molar-refractivity contribution >= 4 is 10.9 Å². The number of fused-ring (bicyclic) bond motifs is 1. The monoisotopic (exact) mass is 271 g/mol. The smallest absolute Gasteiger partial charge is 0.0481 e. The highest BCUT2D eigenvalue weighted by atomic mass is 15.2. The minimum atomic E-state index is 0.540. The van der Waals surface area contributed by atoms with Crippen LogP contribution in [0.3, 0.4) is 0 Å². The van der Waals surface area contributed by atoms with E-state index in [4.69, 9.17) is 5.73 Å². The van der Waals surface area contributed by atoms with Gasteiger partial charge >= 0.3 is 0 Å². The van der Waals surface area contributed by atoms with Crippen LogP contribution in [0.1, 0.15) is 25.3 Å². The van der Waals surface area contributed by atoms with Gasteiger partial charge in [0.2, 0.25) is 0 Å². The molecule has 2 N–H and O–H groups in total. The van der Waals surface area contributed by atoms with Crippen molar-refractivity contribution in [2.75, 3.05) is 13.1 Å². The average Bonchev–Trinajstić information content (AvgIpc) is 2.78. The molecule has 0 saturated carbocycles. The Kier molecular flexibility index (Phi) is 3.81. The first kappa shape index (κ1) is 13.7. The van der Waals surface area contributed by atoms with Gasteiger partial charge in [-0.15, -0.1) is 0 Å². The molecule has 2 atom stereocenters. The van der Waals surface area contributed by atoms with E-state index in [-0.39, 0.29) is 0 Å². The highest BCUT2D eigenvalue weighted by Gasteiger charge is 2.25. The summed E-state index contributed by atoms with van der Waals surface area (Å²) in [6, 6.07) is 9.20. The Morgan fingerprint density at radius 2 is 2.10 bits per heavy atom. The van der Waals surface area contributed by atoms with E-state index < -0.39 is 0 Å². The highest BCUT2D eigenvalue weighted by Crippen LogP contribution is 2.27. The van der Waals surface area contributed by atoms with Gasteiger partial charge in [-0.1, -0.05) is 25.1 Å². The number of para-hydroxylation sites is 1. The lowest BCUT2D eigenvalue weighted by atomic mass is 9.92. The molecule has 108 valence electrons. The van der Waals surface area contributed by atoms with Gasteiger partial charge in [0.05, 0.1) is 0 Å². The van der Waals surface area contributed by atoms with Crippen LogP contribution in [0, 0.1) is 5.92 Å². The second-order valence-electron chi connectivity index (χ2n) is 6.27. The standard InChI is InChI=1S/C17H25N3/c1-13-7-8-20(15(9-13)10-18)12-14-11-19(2)17-6-4-3-5-16(14)17/h3-6,11,13,15H,7-10,12,18H2,1-2H3. The van der Waals surface area contributed by atoms with Gasteiger partial charge in [-0.05, 0) is 36.9 Å². The largest absolute Gasteiger partial charge is 0.350 e. The van der Waals surface area contributed by atoms with Crippen LogP contribution in [0.15, 0.2) is 30.5 Å². The Balaban J connectivity index is 1.85. The summed E-state index contributed by atoms with van der Waals surface area (Å²) in [7, 11) is 2.13. The Morgan fingerprint density at radius 3 is 2.90 bits per heavy atom. The summed E-state index contributed by atoms with van der Waals surface area (Å²) < 4.78 is 2.23. The van der Waals surface area contributed by atoms with Gasteiger partial charge in [0.25, 0.3) is 0 Å². The molecule has 20 heavy (non-hydrogen) atoms. The Hall–Kier alpha value is -1.32. The van der Waals surface area contributed by atoms with Gasteiger partial charge in [0.15, 0.2) is 0 Å². The summed E-state index contributed by atoms with van der Waals surface area (Å²) in [6.07, 6.45) is 4.80. The van der Waals surface area contributed by atoms with Gasteiger partial charge < -0.3 is 10.3 Å². The van der Waals surface area contributed by atoms with Crippen LogP contribution >= 0.6 is 0 Å². The van der Waals surface area contributed by atoms with E-state index in [1.807, 2.05) is 0 Å². The van der Waals surface area contributed by atoms with E-state index >= 15 is 0 Å². The second kappa shape index (κ2) is 5.58. The van der Waals surface area contributed by atoms with Crippen molar-refractivity contribution in [1.29, 1.82) is 0 Å². The summed E-state index contributed by atoms with van der Waals surface area (Å²) >= 11 is 0. The van der Waals surface area contributed by atoms with Gasteiger partial charge in [0, 0.05) is 43.3 Å². The van der Waals surface area contributed by atoms with Crippen molar-refractivity contribution in [3.63, 3.8) is 0 Å². The number of aryl methyl sites for hydroxylation is 1. The van der Waals surface area contributed by atoms with Gasteiger partial charge in [-0.2, -0.15) is 0 Å². The number of hydrogen-bond acceptors (Lipinski definition) is 2. The zero-order valence-electron chi connectivity index (χ0n) is 12.5. The number of hydrogen-bond donors (Lipinski definition) is 1. The predicted octanol–water partition coefficient (Wildman–Crippen LogP) is 2.74. The number of nitrogens with zero attached hydrogens (tertiary/aromatic N) is 2. The van der Waals surface area contributed by atoms with Crippen molar-refractivity contribution in [2.24, 2.45) is 18.7 Å². The Labute approximate surface area is 121 Å². The zero-order valence-corrected chi connectivity index (χ0v) is 12.5. The Bertz CT molecular complexity index is 587. The van der Waals surface area contributed by atoms with Crippen molar-refractivity contribution in [3.05, 3.63) is 36.0 Å². The fraction of sp³-hybridized carbons (Fsp3) is 0.529. The first-order valence-corrected chi connectivity index (χ1v) is 7.66. The van der Waals surface area contributed by atoms with Gasteiger partial charge in [0.1, 0.15) is 0 Å². The second-order valence-corrected chi connectivity index (χ2v) is 6.27. The van der Waals surface area contributed by atoms with E-state index in [1.54, 1.807) is 0 Å². The van der Waals surface area contributed by atoms with E-state index in [0.717, 1.165) is 19.0 Å². The summed E-state index contributed by atoms with van der Waals surface area (Å²) in [6.45, 7) is 5.31. The number of nitrogens with two attached hydrogens (primary N) is 1. The lowest BCUT2D eigenvalue weighted by Crippen LogP contribution is -2.45. The molecule has 0 aliphatic carbocycles. The van der Waals surface area contributed by atoms with Crippen molar-refractivity contribution < 1.29 is 0 Å². The van der Waals surface area contributed by atoms with Crippen LogP contribution < -0.4 is 5.73 Å². The molecule has 3 nitrogen and oxygen atoms in total. The third kappa shape index (κ3) is 2.48. The number of piperidine rings is 1. The van der Waals surface area contributed by atoms with Crippen molar-refractivity contribution in [1.82, 2.24) is 9.47 Å². The zero-order chi connectivity index (χ0) is 14.1. The van der Waals surface area contributed by atoms with E-state index in [1.165, 1.54) is 35.9 Å². The van der Waals surface area contributed by atoms with E-state index in [9.17, 15) is 0 Å². The molecule has 1 aliphatic heterocycles. The normalized spacial score (nSPS) is 24.4. The van der Waals surface area contributed by atoms with Crippen LogP contribution in [0.25, 0.3) is 10.9 Å². The minimum absolute atomic E-state index is 0.540. The maximum Gasteiger partial charge on any atom is 0.0481 e. The summed E-state index contributed by atoms with van der Waals surface area (Å²) in [5, 5.41) is 1.38. The van der Waals surface area contributed by atoms with Crippen LogP contribution in [0.4, 0.5) is 0 Å². The van der Waals surface area contributed by atoms with E-state index in [2.05, 4.69) is 53.9 Å². The van der Waals surface area contributed by atoms with Gasteiger partial charge in [-0.3, -0.25) is 4.90 Å². The molecule has 0 radical (unpaired) electrons. The molecule has 1 fully saturated rings. The number of rotatable bonds is 3. The maximum atomic E-state index is 5.98. The van der Waals surface area contributed by atoms with Crippen LogP contribution in [0.2, 0.25) is 0 Å². The molecular formula is C17H25N3. The molecule has 3 rings (SSSR count). The number of benzene rings is 1. The fourth-order valence-corrected chi connectivity index (χ4v) is 3.52. The third-order valence-electron chi connectivity index (χ3n) is 4.72. The predicted molar refractivity (Wildman–Crippen MR) is 84.6 cm³/mol. The third-order valence-corrected chi connectivity index (χ3v) is 4.72. The van der Waals surface area contributed by atoms with Crippen LogP contribution in [-0.2, 0) is 13.6 Å². The molecular weight excluding hydrogens is 246 g/mol. The lowest BCUT2D eigenvalue weighted by Gasteiger charge is -2.37. The molecule has 1 saturated heterocycles. The van der Waals surface area contributed by atoms with Crippen LogP contribution in [0.5, 0.6) is 0 Å². The molecule has 1 aliphatic rings. The number of likely N-dealkylation sites (tertiary alicyclic amines) is 1. The van der Waals surface area contributed by atoms with Crippen LogP contribution in [-0.4, -0.2) is 28.6 Å². The summed E-state index contributed by atoms with van der Waals surface area (Å²) in [4.78, 5) is 2.57. The van der Waals surface area contributed by atoms with E-state index in [0.29, 0.717) is 6.04 Å². The summed E-state index contributed by atoms with van der Waals surface area (Å²) in [5.74, 6) is 0.812. The molecule has 2 heterocycles. The number of aromatic nitrogens is 1. The maximum absolute atomic E-state index is 5.98. The Morgan fingerprint density at radius 1 is 1.30 bits per heavy atom. The molecule has 2 unspecified atom stereocenters. The fourth-order valence-electron chi connectivity index (χ4n) is 3.52. The molecule has 1 aromatic carbocycles.